The van der Waals surface area contributed by atoms with Crippen LogP contribution in [-0.2, 0) is 34.1 Å². The average molecular weight is 711 g/mol. The Bertz CT molecular complexity index is 1160. The van der Waals surface area contributed by atoms with Gasteiger partial charge in [0.15, 0.2) is 30.7 Å². The molecule has 272 valence electrons. The Kier molecular flexibility index (Phi) is 13.8. The van der Waals surface area contributed by atoms with Crippen LogP contribution in [0.3, 0.4) is 0 Å². The summed E-state index contributed by atoms with van der Waals surface area (Å²) in [5.74, 6) is -0.931. The van der Waals surface area contributed by atoms with Crippen molar-refractivity contribution in [2.24, 2.45) is 0 Å². The van der Waals surface area contributed by atoms with Crippen LogP contribution < -0.4 is 0 Å². The first kappa shape index (κ1) is 42.5. The summed E-state index contributed by atoms with van der Waals surface area (Å²) in [6.07, 6.45) is 0.721. The van der Waals surface area contributed by atoms with Crippen LogP contribution in [0.5, 0.6) is 0 Å². The van der Waals surface area contributed by atoms with Gasteiger partial charge in [0.05, 0.1) is 33.0 Å². The predicted molar refractivity (Wildman–Crippen MR) is 202 cm³/mol. The lowest BCUT2D eigenvalue weighted by atomic mass is 9.85. The Morgan fingerprint density at radius 2 is 1.26 bits per heavy atom. The van der Waals surface area contributed by atoms with Crippen LogP contribution in [0.1, 0.15) is 81.7 Å². The summed E-state index contributed by atoms with van der Waals surface area (Å²) in [6, 6.07) is 10.1. The van der Waals surface area contributed by atoms with E-state index in [2.05, 4.69) is 102 Å². The SMILES string of the molecule is CC1(C)O[C@@H](COCc2ccccc2)[C@H]([C@@](O)(CO[Si](C)(C)C(C)(C)C)/C(=C/CO[Si](C)(C)C(C)(C)C)CO[Si](C)(C)C(C)(C)C)O1. The fraction of sp³-hybridized carbons (Fsp3) is 0.784. The molecular formula is C37H70O7Si3. The normalized spacial score (nSPS) is 21.6. The summed E-state index contributed by atoms with van der Waals surface area (Å²) in [7, 11) is -6.55. The molecule has 0 aliphatic carbocycles. The third-order valence-electron chi connectivity index (χ3n) is 11.0. The Morgan fingerprint density at radius 3 is 1.77 bits per heavy atom. The van der Waals surface area contributed by atoms with Crippen LogP contribution in [0, 0.1) is 0 Å². The molecule has 0 spiro atoms. The van der Waals surface area contributed by atoms with Gasteiger partial charge in [-0.25, -0.2) is 0 Å². The Labute approximate surface area is 291 Å². The van der Waals surface area contributed by atoms with E-state index in [0.717, 1.165) is 5.56 Å². The molecule has 0 amide bonds. The average Bonchev–Trinajstić information content (AvgIpc) is 3.22. The highest BCUT2D eigenvalue weighted by molar-refractivity contribution is 6.74. The van der Waals surface area contributed by atoms with E-state index in [0.29, 0.717) is 18.8 Å². The molecule has 1 aromatic carbocycles. The van der Waals surface area contributed by atoms with E-state index >= 15 is 0 Å². The van der Waals surface area contributed by atoms with Crippen LogP contribution in [-0.4, -0.2) is 80.1 Å². The molecular weight excluding hydrogens is 641 g/mol. The van der Waals surface area contributed by atoms with Gasteiger partial charge in [-0.3, -0.25) is 0 Å². The molecule has 10 heteroatoms. The molecule has 0 bridgehead atoms. The molecule has 0 aromatic heterocycles. The molecule has 0 saturated carbocycles. The van der Waals surface area contributed by atoms with Crippen molar-refractivity contribution in [3.8, 4) is 0 Å². The van der Waals surface area contributed by atoms with Crippen LogP contribution in [0.4, 0.5) is 0 Å². The summed E-state index contributed by atoms with van der Waals surface area (Å²) in [4.78, 5) is 0. The third-order valence-corrected chi connectivity index (χ3v) is 24.5. The zero-order valence-electron chi connectivity index (χ0n) is 33.1. The smallest absolute Gasteiger partial charge is 0.192 e. The maximum absolute atomic E-state index is 13.2. The highest BCUT2D eigenvalue weighted by Crippen LogP contribution is 2.43. The van der Waals surface area contributed by atoms with E-state index in [4.69, 9.17) is 27.5 Å². The van der Waals surface area contributed by atoms with Gasteiger partial charge < -0.3 is 32.6 Å². The quantitative estimate of drug-likeness (QED) is 0.144. The minimum atomic E-state index is -2.29. The molecule has 7 nitrogen and oxygen atoms in total. The molecule has 1 saturated heterocycles. The molecule has 3 atom stereocenters. The maximum Gasteiger partial charge on any atom is 0.192 e. The van der Waals surface area contributed by atoms with E-state index < -0.39 is 48.5 Å². The topological polar surface area (TPSA) is 75.6 Å². The fourth-order valence-corrected chi connectivity index (χ4v) is 7.39. The minimum absolute atomic E-state index is 0.00568. The van der Waals surface area contributed by atoms with Crippen molar-refractivity contribution in [3.63, 3.8) is 0 Å². The van der Waals surface area contributed by atoms with E-state index in [1.54, 1.807) is 0 Å². The number of benzene rings is 1. The summed E-state index contributed by atoms with van der Waals surface area (Å²) >= 11 is 0. The van der Waals surface area contributed by atoms with Gasteiger partial charge in [-0.05, 0) is 79.4 Å². The van der Waals surface area contributed by atoms with Crippen LogP contribution in [0.2, 0.25) is 54.4 Å². The molecule has 1 N–H and O–H groups in total. The lowest BCUT2D eigenvalue weighted by Crippen LogP contribution is -2.57. The lowest BCUT2D eigenvalue weighted by molar-refractivity contribution is -0.171. The molecule has 1 fully saturated rings. The first-order chi connectivity index (χ1) is 21.0. The number of ether oxygens (including phenoxy) is 3. The summed E-state index contributed by atoms with van der Waals surface area (Å²) in [6.45, 7) is 38.5. The number of rotatable bonds is 15. The summed E-state index contributed by atoms with van der Waals surface area (Å²) < 4.78 is 39.6. The second-order valence-electron chi connectivity index (χ2n) is 18.4. The molecule has 1 aliphatic heterocycles. The molecule has 0 unspecified atom stereocenters. The number of aliphatic hydroxyl groups is 1. The van der Waals surface area contributed by atoms with Crippen molar-refractivity contribution in [1.82, 2.24) is 0 Å². The van der Waals surface area contributed by atoms with Crippen molar-refractivity contribution in [2.75, 3.05) is 26.4 Å². The predicted octanol–water partition coefficient (Wildman–Crippen LogP) is 9.45. The van der Waals surface area contributed by atoms with Gasteiger partial charge >= 0.3 is 0 Å². The van der Waals surface area contributed by atoms with Crippen LogP contribution in [0.15, 0.2) is 42.0 Å². The fourth-order valence-electron chi connectivity index (χ4n) is 4.50. The standard InChI is InChI=1S/C37H70O7Si3/c1-33(2,3)45(12,13)40-24-23-30(26-41-46(14,15)34(4,5)6)37(38,28-42-47(16,17)35(7,8)9)32-31(43-36(10,11)44-32)27-39-25-29-21-19-18-20-22-29/h18-23,31-32,38H,24-28H2,1-17H3/b30-23+/t31-,32+,37+/m0/s1. The van der Waals surface area contributed by atoms with Gasteiger partial charge in [0, 0.05) is 0 Å². The van der Waals surface area contributed by atoms with Crippen molar-refractivity contribution in [2.45, 2.75) is 161 Å². The van der Waals surface area contributed by atoms with Crippen LogP contribution in [0.25, 0.3) is 0 Å². The molecule has 47 heavy (non-hydrogen) atoms. The lowest BCUT2D eigenvalue weighted by Gasteiger charge is -2.44. The Balaban J connectivity index is 2.62. The van der Waals surface area contributed by atoms with Crippen molar-refractivity contribution in [1.29, 1.82) is 0 Å². The van der Waals surface area contributed by atoms with Crippen molar-refractivity contribution < 1.29 is 32.6 Å². The summed E-state index contributed by atoms with van der Waals surface area (Å²) in [5, 5.41) is 13.2. The zero-order valence-corrected chi connectivity index (χ0v) is 36.1. The van der Waals surface area contributed by atoms with Crippen molar-refractivity contribution in [3.05, 3.63) is 47.5 Å². The molecule has 1 aliphatic rings. The second-order valence-corrected chi connectivity index (χ2v) is 32.8. The Hall–Kier alpha value is -0.669. The van der Waals surface area contributed by atoms with Gasteiger partial charge in [-0.15, -0.1) is 0 Å². The van der Waals surface area contributed by atoms with E-state index in [9.17, 15) is 5.11 Å². The first-order valence-corrected chi connectivity index (χ1v) is 26.1. The zero-order chi connectivity index (χ0) is 36.3. The maximum atomic E-state index is 13.2. The van der Waals surface area contributed by atoms with Gasteiger partial charge in [-0.1, -0.05) is 98.7 Å². The molecule has 1 aromatic rings. The second kappa shape index (κ2) is 15.3. The van der Waals surface area contributed by atoms with E-state index in [1.807, 2.05) is 50.3 Å². The third kappa shape index (κ3) is 11.4. The molecule has 0 radical (unpaired) electrons. The molecule has 2 rings (SSSR count). The summed E-state index contributed by atoms with van der Waals surface area (Å²) in [5.41, 5.74) is 0.215. The largest absolute Gasteiger partial charge is 0.413 e. The van der Waals surface area contributed by atoms with Gasteiger partial charge in [0.2, 0.25) is 0 Å². The highest BCUT2D eigenvalue weighted by Gasteiger charge is 2.55. The van der Waals surface area contributed by atoms with Crippen LogP contribution >= 0.6 is 0 Å². The Morgan fingerprint density at radius 1 is 0.766 bits per heavy atom. The molecule has 1 heterocycles. The highest BCUT2D eigenvalue weighted by atomic mass is 28.4. The monoisotopic (exact) mass is 710 g/mol. The minimum Gasteiger partial charge on any atom is -0.413 e. The van der Waals surface area contributed by atoms with E-state index in [1.165, 1.54) is 0 Å². The van der Waals surface area contributed by atoms with E-state index in [-0.39, 0.29) is 34.9 Å². The first-order valence-electron chi connectivity index (χ1n) is 17.4. The van der Waals surface area contributed by atoms with Gasteiger partial charge in [0.25, 0.3) is 0 Å². The van der Waals surface area contributed by atoms with Gasteiger partial charge in [0.1, 0.15) is 17.8 Å². The van der Waals surface area contributed by atoms with Gasteiger partial charge in [-0.2, -0.15) is 0 Å². The number of hydrogen-bond donors (Lipinski definition) is 1. The number of hydrogen-bond acceptors (Lipinski definition) is 7. The van der Waals surface area contributed by atoms with Crippen molar-refractivity contribution >= 4 is 25.0 Å².